The quantitative estimate of drug-likeness (QED) is 0.463. The van der Waals surface area contributed by atoms with Crippen LogP contribution in [0.15, 0.2) is 66.7 Å². The van der Waals surface area contributed by atoms with Crippen molar-refractivity contribution in [2.24, 2.45) is 5.73 Å². The Hall–Kier alpha value is -3.64. The lowest BCUT2D eigenvalue weighted by atomic mass is 9.99. The molecule has 1 aliphatic heterocycles. The van der Waals surface area contributed by atoms with Gasteiger partial charge in [0.2, 0.25) is 5.91 Å². The Morgan fingerprint density at radius 3 is 2.53 bits per heavy atom. The first-order chi connectivity index (χ1) is 16.5. The molecule has 1 heterocycles. The van der Waals surface area contributed by atoms with E-state index in [0.717, 1.165) is 53.0 Å². The topological polar surface area (TPSA) is 87.5 Å². The Kier molecular flexibility index (Phi) is 7.28. The molecule has 0 saturated carbocycles. The van der Waals surface area contributed by atoms with Gasteiger partial charge in [-0.2, -0.15) is 0 Å². The standard InChI is InChI=1S/C28H32N4O2/c1-19-8-3-4-11-24(19)27(30-22-10-7-9-21(17-22)18-29)28(34)31-23-13-14-25(20(2)16-23)32-15-6-5-12-26(32)33/h3-4,7-11,13-14,16-17,27,30H,5-6,12,15,18,29H2,1-2H3,(H,31,34). The second-order valence-corrected chi connectivity index (χ2v) is 8.83. The number of anilines is 3. The SMILES string of the molecule is Cc1ccccc1C(Nc1cccc(CN)c1)C(=O)Nc1ccc(N2CCCCC2=O)c(C)c1. The molecule has 1 atom stereocenters. The van der Waals surface area contributed by atoms with E-state index >= 15 is 0 Å². The van der Waals surface area contributed by atoms with Crippen LogP contribution in [0.5, 0.6) is 0 Å². The second-order valence-electron chi connectivity index (χ2n) is 8.83. The van der Waals surface area contributed by atoms with Crippen molar-refractivity contribution in [3.05, 3.63) is 89.0 Å². The van der Waals surface area contributed by atoms with Gasteiger partial charge in [-0.05, 0) is 79.3 Å². The number of amides is 2. The van der Waals surface area contributed by atoms with E-state index in [1.807, 2.05) is 85.5 Å². The van der Waals surface area contributed by atoms with E-state index in [0.29, 0.717) is 18.7 Å². The molecule has 6 heteroatoms. The minimum Gasteiger partial charge on any atom is -0.370 e. The molecule has 1 aliphatic rings. The number of hydrogen-bond acceptors (Lipinski definition) is 4. The van der Waals surface area contributed by atoms with E-state index in [1.54, 1.807) is 0 Å². The van der Waals surface area contributed by atoms with Crippen molar-refractivity contribution < 1.29 is 9.59 Å². The van der Waals surface area contributed by atoms with Gasteiger partial charge in [0.25, 0.3) is 5.91 Å². The summed E-state index contributed by atoms with van der Waals surface area (Å²) in [6, 6.07) is 20.8. The number of nitrogens with zero attached hydrogens (tertiary/aromatic N) is 1. The summed E-state index contributed by atoms with van der Waals surface area (Å²) in [6.45, 7) is 5.15. The summed E-state index contributed by atoms with van der Waals surface area (Å²) in [7, 11) is 0. The van der Waals surface area contributed by atoms with Crippen molar-refractivity contribution in [3.63, 3.8) is 0 Å². The minimum atomic E-state index is -0.585. The highest BCUT2D eigenvalue weighted by Gasteiger charge is 2.24. The Morgan fingerprint density at radius 1 is 0.971 bits per heavy atom. The molecule has 3 aromatic rings. The van der Waals surface area contributed by atoms with Crippen LogP contribution in [0.25, 0.3) is 0 Å². The molecule has 6 nitrogen and oxygen atoms in total. The van der Waals surface area contributed by atoms with Crippen molar-refractivity contribution in [1.82, 2.24) is 0 Å². The smallest absolute Gasteiger partial charge is 0.251 e. The number of rotatable bonds is 7. The van der Waals surface area contributed by atoms with Crippen molar-refractivity contribution in [2.45, 2.75) is 45.7 Å². The number of hydrogen-bond donors (Lipinski definition) is 3. The number of nitrogens with two attached hydrogens (primary N) is 1. The third-order valence-corrected chi connectivity index (χ3v) is 6.31. The maximum atomic E-state index is 13.5. The van der Waals surface area contributed by atoms with Gasteiger partial charge < -0.3 is 21.3 Å². The first-order valence-electron chi connectivity index (χ1n) is 11.8. The summed E-state index contributed by atoms with van der Waals surface area (Å²) in [4.78, 5) is 27.7. The van der Waals surface area contributed by atoms with Gasteiger partial charge in [0, 0.05) is 36.6 Å². The molecule has 1 fully saturated rings. The maximum Gasteiger partial charge on any atom is 0.251 e. The van der Waals surface area contributed by atoms with Gasteiger partial charge in [-0.25, -0.2) is 0 Å². The van der Waals surface area contributed by atoms with Crippen molar-refractivity contribution in [1.29, 1.82) is 0 Å². The lowest BCUT2D eigenvalue weighted by Crippen LogP contribution is -2.35. The van der Waals surface area contributed by atoms with Crippen LogP contribution in [0.1, 0.15) is 47.6 Å². The molecular weight excluding hydrogens is 424 g/mol. The molecule has 4 N–H and O–H groups in total. The van der Waals surface area contributed by atoms with Crippen LogP contribution in [0.3, 0.4) is 0 Å². The molecule has 0 aliphatic carbocycles. The van der Waals surface area contributed by atoms with Gasteiger partial charge in [-0.3, -0.25) is 9.59 Å². The fourth-order valence-electron chi connectivity index (χ4n) is 4.46. The highest BCUT2D eigenvalue weighted by Crippen LogP contribution is 2.29. The predicted octanol–water partition coefficient (Wildman–Crippen LogP) is 5.07. The van der Waals surface area contributed by atoms with Gasteiger partial charge in [0.05, 0.1) is 0 Å². The van der Waals surface area contributed by atoms with E-state index in [4.69, 9.17) is 5.73 Å². The van der Waals surface area contributed by atoms with Crippen LogP contribution in [-0.2, 0) is 16.1 Å². The van der Waals surface area contributed by atoms with Crippen molar-refractivity contribution in [3.8, 4) is 0 Å². The normalized spacial score (nSPS) is 14.6. The fourth-order valence-corrected chi connectivity index (χ4v) is 4.46. The largest absolute Gasteiger partial charge is 0.370 e. The summed E-state index contributed by atoms with van der Waals surface area (Å²) >= 11 is 0. The number of aryl methyl sites for hydroxylation is 2. The highest BCUT2D eigenvalue weighted by atomic mass is 16.2. The number of carbonyl (C=O) groups is 2. The summed E-state index contributed by atoms with van der Waals surface area (Å²) in [5.74, 6) is 0.00307. The molecule has 0 aromatic heterocycles. The zero-order valence-electron chi connectivity index (χ0n) is 19.8. The molecule has 0 spiro atoms. The van der Waals surface area contributed by atoms with Crippen molar-refractivity contribution in [2.75, 3.05) is 22.1 Å². The number of benzene rings is 3. The zero-order valence-corrected chi connectivity index (χ0v) is 19.8. The Bertz CT molecular complexity index is 1190. The average molecular weight is 457 g/mol. The summed E-state index contributed by atoms with van der Waals surface area (Å²) in [5, 5.41) is 6.46. The molecular formula is C28H32N4O2. The van der Waals surface area contributed by atoms with Gasteiger partial charge >= 0.3 is 0 Å². The summed E-state index contributed by atoms with van der Waals surface area (Å²) in [6.07, 6.45) is 2.55. The van der Waals surface area contributed by atoms with Gasteiger partial charge in [-0.15, -0.1) is 0 Å². The van der Waals surface area contributed by atoms with Crippen LogP contribution < -0.4 is 21.3 Å². The molecule has 34 heavy (non-hydrogen) atoms. The van der Waals surface area contributed by atoms with E-state index < -0.39 is 6.04 Å². The summed E-state index contributed by atoms with van der Waals surface area (Å²) < 4.78 is 0. The number of piperidine rings is 1. The number of nitrogens with one attached hydrogen (secondary N) is 2. The van der Waals surface area contributed by atoms with E-state index in [9.17, 15) is 9.59 Å². The van der Waals surface area contributed by atoms with E-state index in [-0.39, 0.29) is 11.8 Å². The van der Waals surface area contributed by atoms with Gasteiger partial charge in [0.1, 0.15) is 6.04 Å². The van der Waals surface area contributed by atoms with Gasteiger partial charge in [-0.1, -0.05) is 36.4 Å². The molecule has 0 radical (unpaired) electrons. The Balaban J connectivity index is 1.58. The fraction of sp³-hybridized carbons (Fsp3) is 0.286. The van der Waals surface area contributed by atoms with Crippen LogP contribution in [0.2, 0.25) is 0 Å². The average Bonchev–Trinajstić information content (AvgIpc) is 2.84. The first-order valence-corrected chi connectivity index (χ1v) is 11.8. The second kappa shape index (κ2) is 10.5. The number of carbonyl (C=O) groups excluding carboxylic acids is 2. The molecule has 2 amide bonds. The Morgan fingerprint density at radius 2 is 1.79 bits per heavy atom. The van der Waals surface area contributed by atoms with Crippen LogP contribution in [0.4, 0.5) is 17.1 Å². The minimum absolute atomic E-state index is 0.159. The molecule has 4 rings (SSSR count). The monoisotopic (exact) mass is 456 g/mol. The first kappa shape index (κ1) is 23.5. The van der Waals surface area contributed by atoms with Crippen LogP contribution in [0, 0.1) is 13.8 Å². The zero-order chi connectivity index (χ0) is 24.1. The van der Waals surface area contributed by atoms with E-state index in [1.165, 1.54) is 0 Å². The predicted molar refractivity (Wildman–Crippen MR) is 138 cm³/mol. The van der Waals surface area contributed by atoms with Crippen LogP contribution >= 0.6 is 0 Å². The lowest BCUT2D eigenvalue weighted by molar-refractivity contribution is -0.119. The highest BCUT2D eigenvalue weighted by molar-refractivity contribution is 5.99. The molecule has 1 saturated heterocycles. The van der Waals surface area contributed by atoms with Crippen LogP contribution in [-0.4, -0.2) is 18.4 Å². The molecule has 3 aromatic carbocycles. The summed E-state index contributed by atoms with van der Waals surface area (Å²) in [5.41, 5.74) is 12.1. The van der Waals surface area contributed by atoms with Crippen molar-refractivity contribution >= 4 is 28.9 Å². The van der Waals surface area contributed by atoms with E-state index in [2.05, 4.69) is 10.6 Å². The van der Waals surface area contributed by atoms with Gasteiger partial charge in [0.15, 0.2) is 0 Å². The third-order valence-electron chi connectivity index (χ3n) is 6.31. The third kappa shape index (κ3) is 5.29. The molecule has 176 valence electrons. The molecule has 1 unspecified atom stereocenters. The molecule has 0 bridgehead atoms. The lowest BCUT2D eigenvalue weighted by Gasteiger charge is -2.28. The Labute approximate surface area is 201 Å². The maximum absolute atomic E-state index is 13.5.